The summed E-state index contributed by atoms with van der Waals surface area (Å²) < 4.78 is 7.40. The largest absolute Gasteiger partial charge is 0.485 e. The summed E-state index contributed by atoms with van der Waals surface area (Å²) in [6.45, 7) is 3.36. The molecule has 5 nitrogen and oxygen atoms in total. The molecule has 0 radical (unpaired) electrons. The summed E-state index contributed by atoms with van der Waals surface area (Å²) in [7, 11) is 0. The van der Waals surface area contributed by atoms with Crippen LogP contribution in [0.3, 0.4) is 0 Å². The van der Waals surface area contributed by atoms with Crippen LogP contribution in [0.1, 0.15) is 12.1 Å². The van der Waals surface area contributed by atoms with E-state index in [1.807, 2.05) is 31.2 Å². The summed E-state index contributed by atoms with van der Waals surface area (Å²) in [6, 6.07) is 12.4. The second kappa shape index (κ2) is 7.09. The Morgan fingerprint density at radius 1 is 1.21 bits per heavy atom. The number of hydrogen-bond acceptors (Lipinski definition) is 3. The first-order valence-corrected chi connectivity index (χ1v) is 8.28. The van der Waals surface area contributed by atoms with Crippen molar-refractivity contribution < 1.29 is 9.53 Å². The zero-order valence-corrected chi connectivity index (χ0v) is 14.2. The molecule has 1 aromatic heterocycles. The van der Waals surface area contributed by atoms with Crippen molar-refractivity contribution >= 4 is 17.5 Å². The number of hydrogen-bond donors (Lipinski definition) is 0. The van der Waals surface area contributed by atoms with E-state index in [9.17, 15) is 9.59 Å². The van der Waals surface area contributed by atoms with Crippen molar-refractivity contribution in [3.63, 3.8) is 0 Å². The number of amides is 1. The van der Waals surface area contributed by atoms with Gasteiger partial charge in [0.15, 0.2) is 0 Å². The molecule has 6 heteroatoms. The van der Waals surface area contributed by atoms with Crippen LogP contribution in [0.5, 0.6) is 5.75 Å². The van der Waals surface area contributed by atoms with Crippen LogP contribution in [0.25, 0.3) is 0 Å². The fourth-order valence-corrected chi connectivity index (χ4v) is 2.89. The third-order valence-electron chi connectivity index (χ3n) is 4.15. The summed E-state index contributed by atoms with van der Waals surface area (Å²) >= 11 is 6.06. The molecule has 0 N–H and O–H groups in total. The van der Waals surface area contributed by atoms with Gasteiger partial charge in [0.2, 0.25) is 5.91 Å². The summed E-state index contributed by atoms with van der Waals surface area (Å²) in [4.78, 5) is 25.8. The van der Waals surface area contributed by atoms with Crippen molar-refractivity contribution in [3.05, 3.63) is 63.5 Å². The molecule has 0 aliphatic carbocycles. The van der Waals surface area contributed by atoms with Crippen LogP contribution >= 0.6 is 11.6 Å². The lowest BCUT2D eigenvalue weighted by Crippen LogP contribution is -2.56. The molecule has 24 heavy (non-hydrogen) atoms. The SMILES string of the molecule is Cc1cccc(=O)n1CCC(=O)N1CC(Oc2ccccc2Cl)C1. The van der Waals surface area contributed by atoms with Gasteiger partial charge in [-0.05, 0) is 25.1 Å². The second-order valence-corrected chi connectivity index (χ2v) is 6.28. The van der Waals surface area contributed by atoms with Gasteiger partial charge in [-0.25, -0.2) is 0 Å². The maximum Gasteiger partial charge on any atom is 0.250 e. The molecule has 0 atom stereocenters. The van der Waals surface area contributed by atoms with E-state index in [4.69, 9.17) is 16.3 Å². The first-order chi connectivity index (χ1) is 11.5. The van der Waals surface area contributed by atoms with Gasteiger partial charge in [-0.15, -0.1) is 0 Å². The van der Waals surface area contributed by atoms with Crippen molar-refractivity contribution in [1.29, 1.82) is 0 Å². The molecular formula is C18H19ClN2O3. The number of aromatic nitrogens is 1. The first-order valence-electron chi connectivity index (χ1n) is 7.90. The minimum atomic E-state index is -0.0775. The molecule has 0 unspecified atom stereocenters. The Hall–Kier alpha value is -2.27. The van der Waals surface area contributed by atoms with Gasteiger partial charge in [0.05, 0.1) is 18.1 Å². The van der Waals surface area contributed by atoms with Gasteiger partial charge in [0.1, 0.15) is 11.9 Å². The molecule has 1 aromatic carbocycles. The highest BCUT2D eigenvalue weighted by Gasteiger charge is 2.32. The van der Waals surface area contributed by atoms with Crippen molar-refractivity contribution in [1.82, 2.24) is 9.47 Å². The van der Waals surface area contributed by atoms with Crippen LogP contribution < -0.4 is 10.3 Å². The number of aryl methyl sites for hydroxylation is 1. The fourth-order valence-electron chi connectivity index (χ4n) is 2.71. The second-order valence-electron chi connectivity index (χ2n) is 5.88. The number of pyridine rings is 1. The number of para-hydroxylation sites is 1. The number of rotatable bonds is 5. The Bertz CT molecular complexity index is 797. The molecule has 1 aliphatic heterocycles. The van der Waals surface area contributed by atoms with E-state index in [0.717, 1.165) is 5.69 Å². The number of carbonyl (C=O) groups excluding carboxylic acids is 1. The van der Waals surface area contributed by atoms with Crippen molar-refractivity contribution in [3.8, 4) is 5.75 Å². The average Bonchev–Trinajstić information content (AvgIpc) is 2.51. The monoisotopic (exact) mass is 346 g/mol. The minimum absolute atomic E-state index is 0.0316. The minimum Gasteiger partial charge on any atom is -0.485 e. The number of ether oxygens (including phenoxy) is 1. The fraction of sp³-hybridized carbons (Fsp3) is 0.333. The van der Waals surface area contributed by atoms with Crippen LogP contribution in [0.15, 0.2) is 47.3 Å². The summed E-state index contributed by atoms with van der Waals surface area (Å²) in [6.07, 6.45) is 0.277. The van der Waals surface area contributed by atoms with E-state index in [0.29, 0.717) is 36.8 Å². The molecule has 2 heterocycles. The lowest BCUT2D eigenvalue weighted by molar-refractivity contribution is -0.140. The average molecular weight is 347 g/mol. The van der Waals surface area contributed by atoms with Gasteiger partial charge in [0, 0.05) is 24.7 Å². The molecule has 0 saturated carbocycles. The van der Waals surface area contributed by atoms with Crippen LogP contribution in [0.4, 0.5) is 0 Å². The third-order valence-corrected chi connectivity index (χ3v) is 4.46. The standard InChI is InChI=1S/C18H19ClN2O3/c1-13-5-4-8-18(23)21(13)10-9-17(22)20-11-14(12-20)24-16-7-3-2-6-15(16)19/h2-8,14H,9-12H2,1H3. The molecule has 1 amide bonds. The highest BCUT2D eigenvalue weighted by molar-refractivity contribution is 6.32. The maximum absolute atomic E-state index is 12.2. The van der Waals surface area contributed by atoms with Gasteiger partial charge in [-0.3, -0.25) is 9.59 Å². The van der Waals surface area contributed by atoms with Crippen LogP contribution in [0, 0.1) is 6.92 Å². The molecule has 0 spiro atoms. The van der Waals surface area contributed by atoms with Crippen molar-refractivity contribution in [2.45, 2.75) is 26.0 Å². The van der Waals surface area contributed by atoms with Crippen LogP contribution in [0.2, 0.25) is 5.02 Å². The number of benzene rings is 1. The molecule has 3 rings (SSSR count). The predicted octanol–water partition coefficient (Wildman–Crippen LogP) is 2.49. The number of halogens is 1. The topological polar surface area (TPSA) is 51.5 Å². The molecule has 1 aliphatic rings. The van der Waals surface area contributed by atoms with E-state index in [-0.39, 0.29) is 17.6 Å². The molecule has 1 fully saturated rings. The Morgan fingerprint density at radius 3 is 2.67 bits per heavy atom. The summed E-state index contributed by atoms with van der Waals surface area (Å²) in [5.74, 6) is 0.673. The highest BCUT2D eigenvalue weighted by atomic mass is 35.5. The van der Waals surface area contributed by atoms with Crippen LogP contribution in [-0.4, -0.2) is 34.6 Å². The lowest BCUT2D eigenvalue weighted by atomic mass is 10.1. The van der Waals surface area contributed by atoms with Gasteiger partial charge in [0.25, 0.3) is 5.56 Å². The van der Waals surface area contributed by atoms with Crippen molar-refractivity contribution in [2.75, 3.05) is 13.1 Å². The normalized spacial score (nSPS) is 14.3. The summed E-state index contributed by atoms with van der Waals surface area (Å²) in [5.41, 5.74) is 0.783. The first kappa shape index (κ1) is 16.6. The zero-order chi connectivity index (χ0) is 17.1. The van der Waals surface area contributed by atoms with Gasteiger partial charge in [-0.1, -0.05) is 29.8 Å². The zero-order valence-electron chi connectivity index (χ0n) is 13.4. The smallest absolute Gasteiger partial charge is 0.250 e. The number of carbonyl (C=O) groups is 1. The number of nitrogens with zero attached hydrogens (tertiary/aromatic N) is 2. The molecule has 0 bridgehead atoms. The quantitative estimate of drug-likeness (QED) is 0.835. The van der Waals surface area contributed by atoms with E-state index in [2.05, 4.69) is 0 Å². The van der Waals surface area contributed by atoms with Gasteiger partial charge < -0.3 is 14.2 Å². The Kier molecular flexibility index (Phi) is 4.90. The predicted molar refractivity (Wildman–Crippen MR) is 92.5 cm³/mol. The molecule has 126 valence electrons. The maximum atomic E-state index is 12.2. The van der Waals surface area contributed by atoms with E-state index in [1.54, 1.807) is 21.6 Å². The van der Waals surface area contributed by atoms with Gasteiger partial charge in [-0.2, -0.15) is 0 Å². The lowest BCUT2D eigenvalue weighted by Gasteiger charge is -2.39. The Morgan fingerprint density at radius 2 is 1.96 bits per heavy atom. The van der Waals surface area contributed by atoms with Crippen LogP contribution in [-0.2, 0) is 11.3 Å². The van der Waals surface area contributed by atoms with E-state index < -0.39 is 0 Å². The highest BCUT2D eigenvalue weighted by Crippen LogP contribution is 2.26. The Labute approximate surface area is 145 Å². The van der Waals surface area contributed by atoms with E-state index >= 15 is 0 Å². The number of likely N-dealkylation sites (tertiary alicyclic amines) is 1. The molecular weight excluding hydrogens is 328 g/mol. The Balaban J connectivity index is 1.49. The van der Waals surface area contributed by atoms with Crippen molar-refractivity contribution in [2.24, 2.45) is 0 Å². The van der Waals surface area contributed by atoms with E-state index in [1.165, 1.54) is 6.07 Å². The van der Waals surface area contributed by atoms with Gasteiger partial charge >= 0.3 is 0 Å². The summed E-state index contributed by atoms with van der Waals surface area (Å²) in [5, 5.41) is 0.571. The molecule has 1 saturated heterocycles. The third kappa shape index (κ3) is 3.62. The molecule has 2 aromatic rings.